The van der Waals surface area contributed by atoms with Crippen LogP contribution in [-0.4, -0.2) is 22.0 Å². The fraction of sp³-hybridized carbons (Fsp3) is 0.167. The van der Waals surface area contributed by atoms with Gasteiger partial charge in [-0.3, -0.25) is 0 Å². The largest absolute Gasteiger partial charge is 0.376 e. The van der Waals surface area contributed by atoms with Gasteiger partial charge in [0.15, 0.2) is 0 Å². The predicted octanol–water partition coefficient (Wildman–Crippen LogP) is 4.03. The van der Waals surface area contributed by atoms with Crippen LogP contribution in [0.25, 0.3) is 6.08 Å². The van der Waals surface area contributed by atoms with Crippen molar-refractivity contribution in [2.24, 2.45) is 5.92 Å². The lowest BCUT2D eigenvalue weighted by Gasteiger charge is -2.20. The summed E-state index contributed by atoms with van der Waals surface area (Å²) < 4.78 is 5.86. The summed E-state index contributed by atoms with van der Waals surface area (Å²) in [4.78, 5) is 0. The Bertz CT molecular complexity index is 804. The van der Waals surface area contributed by atoms with E-state index in [2.05, 4.69) is 97.1 Å². The average Bonchev–Trinajstić information content (AvgIpc) is 3.15. The Labute approximate surface area is 157 Å². The Morgan fingerprint density at radius 3 is 1.88 bits per heavy atom. The van der Waals surface area contributed by atoms with Gasteiger partial charge in [0.2, 0.25) is 0 Å². The third-order valence-corrected chi connectivity index (χ3v) is 7.92. The van der Waals surface area contributed by atoms with Crippen LogP contribution in [0, 0.1) is 5.92 Å². The summed E-state index contributed by atoms with van der Waals surface area (Å²) in [6, 6.07) is 33.8. The van der Waals surface area contributed by atoms with Gasteiger partial charge in [-0.25, -0.2) is 0 Å². The molecule has 4 rings (SSSR count). The van der Waals surface area contributed by atoms with Crippen LogP contribution in [0.15, 0.2) is 96.6 Å². The van der Waals surface area contributed by atoms with Gasteiger partial charge in [0, 0.05) is 5.92 Å². The van der Waals surface area contributed by atoms with Gasteiger partial charge < -0.3 is 4.74 Å². The zero-order valence-corrected chi connectivity index (χ0v) is 15.8. The number of rotatable bonds is 5. The summed E-state index contributed by atoms with van der Waals surface area (Å²) in [5.74, 6) is 0.504. The van der Waals surface area contributed by atoms with E-state index in [1.807, 2.05) is 0 Å². The molecule has 0 spiro atoms. The molecule has 0 N–H and O–H groups in total. The molecule has 1 fully saturated rings. The standard InChI is InChI=1S/C24H23OSi/c1-4-10-20(11-5-1)16-21-17-25-18-22(21)19-26(23-12-6-2-7-13-23)24-14-8-3-9-15-24/h1-16,22H,17-19H2/b21-16+. The lowest BCUT2D eigenvalue weighted by molar-refractivity contribution is 0.191. The monoisotopic (exact) mass is 355 g/mol. The smallest absolute Gasteiger partial charge is 0.122 e. The molecule has 2 heteroatoms. The molecule has 0 amide bonds. The highest BCUT2D eigenvalue weighted by atomic mass is 28.3. The molecule has 0 aromatic heterocycles. The van der Waals surface area contributed by atoms with Gasteiger partial charge in [-0.05, 0) is 17.2 Å². The van der Waals surface area contributed by atoms with Gasteiger partial charge in [-0.15, -0.1) is 0 Å². The predicted molar refractivity (Wildman–Crippen MR) is 111 cm³/mol. The Morgan fingerprint density at radius 1 is 0.769 bits per heavy atom. The van der Waals surface area contributed by atoms with Gasteiger partial charge >= 0.3 is 0 Å². The fourth-order valence-corrected chi connectivity index (χ4v) is 6.45. The molecule has 1 aliphatic heterocycles. The maximum absolute atomic E-state index is 5.86. The minimum absolute atomic E-state index is 0.504. The van der Waals surface area contributed by atoms with Crippen LogP contribution in [0.5, 0.6) is 0 Å². The van der Waals surface area contributed by atoms with Crippen LogP contribution < -0.4 is 10.4 Å². The highest BCUT2D eigenvalue weighted by Crippen LogP contribution is 2.27. The Balaban J connectivity index is 1.62. The maximum Gasteiger partial charge on any atom is 0.122 e. The second-order valence-corrected chi connectivity index (χ2v) is 9.28. The van der Waals surface area contributed by atoms with E-state index >= 15 is 0 Å². The van der Waals surface area contributed by atoms with E-state index in [9.17, 15) is 0 Å². The molecule has 1 nitrogen and oxygen atoms in total. The minimum Gasteiger partial charge on any atom is -0.376 e. The lowest BCUT2D eigenvalue weighted by atomic mass is 10.0. The van der Waals surface area contributed by atoms with Crippen molar-refractivity contribution in [1.29, 1.82) is 0 Å². The number of hydrogen-bond donors (Lipinski definition) is 0. The SMILES string of the molecule is C(=C1/COCC1C[Si](c1ccccc1)c1ccccc1)/c1ccccc1. The van der Waals surface area contributed by atoms with Crippen LogP contribution in [0.3, 0.4) is 0 Å². The molecule has 26 heavy (non-hydrogen) atoms. The fourth-order valence-electron chi connectivity index (χ4n) is 3.58. The molecule has 1 atom stereocenters. The van der Waals surface area contributed by atoms with Crippen LogP contribution in [0.2, 0.25) is 6.04 Å². The van der Waals surface area contributed by atoms with Gasteiger partial charge in [0.1, 0.15) is 8.80 Å². The minimum atomic E-state index is -0.827. The Kier molecular flexibility index (Phi) is 5.43. The van der Waals surface area contributed by atoms with Crippen LogP contribution in [0.1, 0.15) is 5.56 Å². The van der Waals surface area contributed by atoms with Gasteiger partial charge in [-0.1, -0.05) is 107 Å². The molecule has 3 aromatic carbocycles. The topological polar surface area (TPSA) is 9.23 Å². The van der Waals surface area contributed by atoms with Crippen molar-refractivity contribution >= 4 is 25.2 Å². The summed E-state index contributed by atoms with van der Waals surface area (Å²) in [5, 5.41) is 2.96. The average molecular weight is 356 g/mol. The van der Waals surface area contributed by atoms with Crippen LogP contribution in [-0.2, 0) is 4.74 Å². The second-order valence-electron chi connectivity index (χ2n) is 6.76. The summed E-state index contributed by atoms with van der Waals surface area (Å²) in [7, 11) is -0.827. The summed E-state index contributed by atoms with van der Waals surface area (Å²) in [6.07, 6.45) is 2.33. The first-order valence-corrected chi connectivity index (χ1v) is 10.9. The normalized spacial score (nSPS) is 18.5. The number of hydrogen-bond acceptors (Lipinski definition) is 1. The lowest BCUT2D eigenvalue weighted by Crippen LogP contribution is -2.43. The van der Waals surface area contributed by atoms with Gasteiger partial charge in [0.25, 0.3) is 0 Å². The van der Waals surface area contributed by atoms with Crippen molar-refractivity contribution in [3.63, 3.8) is 0 Å². The van der Waals surface area contributed by atoms with Gasteiger partial charge in [0.05, 0.1) is 13.2 Å². The van der Waals surface area contributed by atoms with Crippen molar-refractivity contribution < 1.29 is 4.74 Å². The molecular formula is C24H23OSi. The van der Waals surface area contributed by atoms with Crippen LogP contribution in [0.4, 0.5) is 0 Å². The number of benzene rings is 3. The molecule has 1 aliphatic rings. The molecule has 1 heterocycles. The van der Waals surface area contributed by atoms with Crippen molar-refractivity contribution in [2.75, 3.05) is 13.2 Å². The van der Waals surface area contributed by atoms with E-state index in [1.165, 1.54) is 27.6 Å². The first-order chi connectivity index (χ1) is 12.9. The van der Waals surface area contributed by atoms with E-state index in [1.54, 1.807) is 0 Å². The zero-order valence-electron chi connectivity index (χ0n) is 14.8. The van der Waals surface area contributed by atoms with E-state index in [-0.39, 0.29) is 0 Å². The molecule has 0 aliphatic carbocycles. The quantitative estimate of drug-likeness (QED) is 0.628. The molecule has 0 bridgehead atoms. The highest BCUT2D eigenvalue weighted by molar-refractivity contribution is 6.85. The first kappa shape index (κ1) is 17.0. The maximum atomic E-state index is 5.86. The molecule has 0 saturated carbocycles. The summed E-state index contributed by atoms with van der Waals surface area (Å²) >= 11 is 0. The molecule has 1 radical (unpaired) electrons. The van der Waals surface area contributed by atoms with Crippen molar-refractivity contribution in [1.82, 2.24) is 0 Å². The zero-order chi connectivity index (χ0) is 17.6. The van der Waals surface area contributed by atoms with Gasteiger partial charge in [-0.2, -0.15) is 0 Å². The van der Waals surface area contributed by atoms with E-state index in [0.29, 0.717) is 5.92 Å². The van der Waals surface area contributed by atoms with Crippen molar-refractivity contribution in [3.8, 4) is 0 Å². The molecule has 1 unspecified atom stereocenters. The number of ether oxygens (including phenoxy) is 1. The van der Waals surface area contributed by atoms with Crippen LogP contribution >= 0.6 is 0 Å². The summed E-state index contributed by atoms with van der Waals surface area (Å²) in [6.45, 7) is 1.60. The summed E-state index contributed by atoms with van der Waals surface area (Å²) in [5.41, 5.74) is 2.71. The molecule has 3 aromatic rings. The first-order valence-electron chi connectivity index (χ1n) is 9.20. The Hall–Kier alpha value is -2.42. The van der Waals surface area contributed by atoms with E-state index in [4.69, 9.17) is 4.74 Å². The van der Waals surface area contributed by atoms with Crippen molar-refractivity contribution in [3.05, 3.63) is 102 Å². The molecule has 129 valence electrons. The van der Waals surface area contributed by atoms with E-state index in [0.717, 1.165) is 13.2 Å². The molecular weight excluding hydrogens is 332 g/mol. The second kappa shape index (κ2) is 8.30. The Morgan fingerprint density at radius 2 is 1.31 bits per heavy atom. The third-order valence-electron chi connectivity index (χ3n) is 4.96. The molecule has 1 saturated heterocycles. The van der Waals surface area contributed by atoms with E-state index < -0.39 is 8.80 Å². The third kappa shape index (κ3) is 4.04. The highest BCUT2D eigenvalue weighted by Gasteiger charge is 2.28. The van der Waals surface area contributed by atoms with Crippen molar-refractivity contribution in [2.45, 2.75) is 6.04 Å².